The Morgan fingerprint density at radius 2 is 1.61 bits per heavy atom. The Morgan fingerprint density at radius 3 is 2.27 bits per heavy atom. The van der Waals surface area contributed by atoms with Crippen molar-refractivity contribution in [2.24, 2.45) is 23.7 Å². The van der Waals surface area contributed by atoms with Gasteiger partial charge >= 0.3 is 5.97 Å². The molecule has 2 fully saturated rings. The summed E-state index contributed by atoms with van der Waals surface area (Å²) in [4.78, 5) is 62.2. The minimum Gasteiger partial charge on any atom is -0.454 e. The first kappa shape index (κ1) is 20.7. The number of amides is 2. The average Bonchev–Trinajstić information content (AvgIpc) is 3.51. The number of carbonyl (C=O) groups is 4. The summed E-state index contributed by atoms with van der Waals surface area (Å²) in [6.07, 6.45) is 4.84. The van der Waals surface area contributed by atoms with Crippen LogP contribution in [0.4, 0.5) is 11.4 Å². The first-order valence-corrected chi connectivity index (χ1v) is 10.5. The van der Waals surface area contributed by atoms with Crippen LogP contribution in [0.2, 0.25) is 0 Å². The van der Waals surface area contributed by atoms with Gasteiger partial charge in [-0.15, -0.1) is 0 Å². The summed E-state index contributed by atoms with van der Waals surface area (Å²) in [5, 5.41) is 10.9. The number of rotatable bonds is 6. The van der Waals surface area contributed by atoms with Crippen LogP contribution in [0.15, 0.2) is 60.7 Å². The first-order chi connectivity index (χ1) is 15.8. The van der Waals surface area contributed by atoms with Gasteiger partial charge in [-0.2, -0.15) is 0 Å². The number of allylic oxidation sites excluding steroid dienone is 2. The van der Waals surface area contributed by atoms with Crippen molar-refractivity contribution in [1.29, 1.82) is 0 Å². The van der Waals surface area contributed by atoms with E-state index < -0.39 is 23.3 Å². The number of imide groups is 1. The minimum atomic E-state index is -0.809. The molecule has 2 bridgehead atoms. The van der Waals surface area contributed by atoms with E-state index in [2.05, 4.69) is 0 Å². The molecule has 0 radical (unpaired) electrons. The Labute approximate surface area is 187 Å². The highest BCUT2D eigenvalue weighted by Crippen LogP contribution is 2.53. The number of ether oxygens (including phenoxy) is 1. The van der Waals surface area contributed by atoms with Gasteiger partial charge in [0.2, 0.25) is 17.6 Å². The number of hydrogen-bond acceptors (Lipinski definition) is 7. The van der Waals surface area contributed by atoms with Crippen LogP contribution in [-0.4, -0.2) is 35.1 Å². The van der Waals surface area contributed by atoms with Gasteiger partial charge in [-0.05, 0) is 36.5 Å². The van der Waals surface area contributed by atoms with Gasteiger partial charge < -0.3 is 4.74 Å². The van der Waals surface area contributed by atoms with E-state index in [9.17, 15) is 29.3 Å². The monoisotopic (exact) mass is 446 g/mol. The highest BCUT2D eigenvalue weighted by atomic mass is 16.6. The Bertz CT molecular complexity index is 1220. The molecular weight excluding hydrogens is 428 g/mol. The fraction of sp³-hybridized carbons (Fsp3) is 0.250. The number of non-ortho nitro benzene ring substituents is 1. The molecule has 1 aliphatic heterocycles. The van der Waals surface area contributed by atoms with Crippen LogP contribution in [0.25, 0.3) is 0 Å². The summed E-state index contributed by atoms with van der Waals surface area (Å²) in [6.45, 7) is -0.606. The predicted octanol–water partition coefficient (Wildman–Crippen LogP) is 2.95. The molecule has 1 saturated carbocycles. The molecule has 9 nitrogen and oxygen atoms in total. The number of benzene rings is 2. The molecule has 4 atom stereocenters. The van der Waals surface area contributed by atoms with Gasteiger partial charge in [0, 0.05) is 17.7 Å². The van der Waals surface area contributed by atoms with E-state index in [-0.39, 0.29) is 52.3 Å². The number of nitro groups is 1. The molecule has 5 rings (SSSR count). The maximum Gasteiger partial charge on any atom is 0.338 e. The molecule has 0 aromatic heterocycles. The van der Waals surface area contributed by atoms with Crippen molar-refractivity contribution in [1.82, 2.24) is 0 Å². The summed E-state index contributed by atoms with van der Waals surface area (Å²) < 4.78 is 5.08. The lowest BCUT2D eigenvalue weighted by Gasteiger charge is -2.18. The first-order valence-electron chi connectivity index (χ1n) is 10.5. The lowest BCUT2D eigenvalue weighted by Crippen LogP contribution is -2.33. The van der Waals surface area contributed by atoms with Crippen LogP contribution in [0, 0.1) is 33.8 Å². The lowest BCUT2D eigenvalue weighted by molar-refractivity contribution is -0.384. The molecule has 0 N–H and O–H groups in total. The molecule has 2 amide bonds. The number of carbonyl (C=O) groups excluding carboxylic acids is 4. The number of Topliss-reactive ketones (excluding diaryl/α,β-unsaturated/α-hetero) is 1. The molecule has 1 heterocycles. The van der Waals surface area contributed by atoms with Crippen molar-refractivity contribution in [3.8, 4) is 0 Å². The molecule has 2 aromatic carbocycles. The van der Waals surface area contributed by atoms with E-state index in [1.165, 1.54) is 36.4 Å². The Hall–Kier alpha value is -4.14. The topological polar surface area (TPSA) is 124 Å². The summed E-state index contributed by atoms with van der Waals surface area (Å²) in [6, 6.07) is 11.1. The number of ketones is 1. The maximum absolute atomic E-state index is 13.0. The Balaban J connectivity index is 1.29. The summed E-state index contributed by atoms with van der Waals surface area (Å²) in [7, 11) is 0. The third-order valence-electron chi connectivity index (χ3n) is 6.52. The van der Waals surface area contributed by atoms with E-state index in [0.717, 1.165) is 17.4 Å². The van der Waals surface area contributed by atoms with Gasteiger partial charge in [0.05, 0.1) is 28.0 Å². The van der Waals surface area contributed by atoms with Crippen molar-refractivity contribution in [3.63, 3.8) is 0 Å². The van der Waals surface area contributed by atoms with Crippen LogP contribution < -0.4 is 4.90 Å². The van der Waals surface area contributed by atoms with Crippen LogP contribution in [0.1, 0.15) is 27.1 Å². The van der Waals surface area contributed by atoms with Gasteiger partial charge in [-0.1, -0.05) is 30.4 Å². The second kappa shape index (κ2) is 7.77. The fourth-order valence-corrected chi connectivity index (χ4v) is 5.02. The van der Waals surface area contributed by atoms with Gasteiger partial charge in [0.25, 0.3) is 5.69 Å². The zero-order chi connectivity index (χ0) is 23.3. The number of nitrogens with zero attached hydrogens (tertiary/aromatic N) is 2. The molecule has 2 aliphatic carbocycles. The minimum absolute atomic E-state index is 0.0498. The molecule has 1 saturated heterocycles. The predicted molar refractivity (Wildman–Crippen MR) is 114 cm³/mol. The molecule has 33 heavy (non-hydrogen) atoms. The van der Waals surface area contributed by atoms with E-state index in [0.29, 0.717) is 5.69 Å². The number of fused-ring (bicyclic) bond motifs is 5. The average molecular weight is 446 g/mol. The number of anilines is 1. The summed E-state index contributed by atoms with van der Waals surface area (Å²) in [5.41, 5.74) is 0.179. The van der Waals surface area contributed by atoms with E-state index in [1.54, 1.807) is 6.07 Å². The van der Waals surface area contributed by atoms with Crippen molar-refractivity contribution < 1.29 is 28.8 Å². The quantitative estimate of drug-likeness (QED) is 0.167. The SMILES string of the molecule is O=C(COC(=O)c1cccc(N2C(=O)[C@@H]3[C@@H](C2=O)[C@@H]2C=C[C@@H]3C2)c1)c1cccc([N+](=O)[O-])c1. The largest absolute Gasteiger partial charge is 0.454 e. The molecule has 3 aliphatic rings. The van der Waals surface area contributed by atoms with Gasteiger partial charge in [-0.25, -0.2) is 9.69 Å². The molecule has 0 unspecified atom stereocenters. The van der Waals surface area contributed by atoms with Crippen LogP contribution in [0.3, 0.4) is 0 Å². The standard InChI is InChI=1S/C24H18N2O7/c27-19(13-3-1-6-18(10-13)26(31)32)12-33-24(30)16-4-2-5-17(11-16)25-22(28)20-14-7-8-15(9-14)21(20)23(25)29/h1-8,10-11,14-15,20-21H,9,12H2/t14-,15-,20+,21+/m1/s1. The fourth-order valence-electron chi connectivity index (χ4n) is 5.02. The molecule has 166 valence electrons. The summed E-state index contributed by atoms with van der Waals surface area (Å²) >= 11 is 0. The van der Waals surface area contributed by atoms with Crippen LogP contribution >= 0.6 is 0 Å². The zero-order valence-electron chi connectivity index (χ0n) is 17.2. The van der Waals surface area contributed by atoms with Crippen molar-refractivity contribution in [2.75, 3.05) is 11.5 Å². The molecular formula is C24H18N2O7. The molecule has 2 aromatic rings. The Kier molecular flexibility index (Phi) is 4.88. The number of esters is 1. The highest BCUT2D eigenvalue weighted by molar-refractivity contribution is 6.23. The second-order valence-electron chi connectivity index (χ2n) is 8.37. The third-order valence-corrected chi connectivity index (χ3v) is 6.52. The van der Waals surface area contributed by atoms with E-state index >= 15 is 0 Å². The maximum atomic E-state index is 13.0. The number of nitro benzene ring substituents is 1. The van der Waals surface area contributed by atoms with Crippen molar-refractivity contribution in [3.05, 3.63) is 81.9 Å². The van der Waals surface area contributed by atoms with Crippen molar-refractivity contribution >= 4 is 34.9 Å². The second-order valence-corrected chi connectivity index (χ2v) is 8.37. The van der Waals surface area contributed by atoms with E-state index in [4.69, 9.17) is 4.74 Å². The van der Waals surface area contributed by atoms with Crippen LogP contribution in [0.5, 0.6) is 0 Å². The molecule has 0 spiro atoms. The Morgan fingerprint density at radius 1 is 0.970 bits per heavy atom. The van der Waals surface area contributed by atoms with Crippen molar-refractivity contribution in [2.45, 2.75) is 6.42 Å². The number of hydrogen-bond donors (Lipinski definition) is 0. The normalized spacial score (nSPS) is 24.8. The highest BCUT2D eigenvalue weighted by Gasteiger charge is 2.59. The molecule has 9 heteroatoms. The summed E-state index contributed by atoms with van der Waals surface area (Å²) in [5.74, 6) is -2.46. The van der Waals surface area contributed by atoms with Gasteiger partial charge in [0.15, 0.2) is 6.61 Å². The van der Waals surface area contributed by atoms with E-state index in [1.807, 2.05) is 12.2 Å². The smallest absolute Gasteiger partial charge is 0.338 e. The van der Waals surface area contributed by atoms with Gasteiger partial charge in [0.1, 0.15) is 0 Å². The van der Waals surface area contributed by atoms with Gasteiger partial charge in [-0.3, -0.25) is 24.5 Å². The van der Waals surface area contributed by atoms with Crippen LogP contribution in [-0.2, 0) is 14.3 Å². The lowest BCUT2D eigenvalue weighted by atomic mass is 9.85. The zero-order valence-corrected chi connectivity index (χ0v) is 17.2. The third kappa shape index (κ3) is 3.42.